The maximum Gasteiger partial charge on any atom is 0.135 e. The molecule has 23 heavy (non-hydrogen) atoms. The van der Waals surface area contributed by atoms with E-state index in [0.29, 0.717) is 5.78 Å². The molecule has 0 amide bonds. The fraction of sp³-hybridized carbons (Fsp3) is 0.952. The van der Waals surface area contributed by atoms with E-state index in [-0.39, 0.29) is 0 Å². The van der Waals surface area contributed by atoms with E-state index in [2.05, 4.69) is 11.8 Å². The zero-order valence-corrected chi connectivity index (χ0v) is 15.8. The molecule has 1 fully saturated rings. The summed E-state index contributed by atoms with van der Waals surface area (Å²) in [6, 6.07) is 0. The highest BCUT2D eigenvalue weighted by Crippen LogP contribution is 2.13. The van der Waals surface area contributed by atoms with Gasteiger partial charge >= 0.3 is 0 Å². The number of nitrogens with zero attached hydrogens (tertiary/aromatic N) is 1. The lowest BCUT2D eigenvalue weighted by atomic mass is 10.0. The van der Waals surface area contributed by atoms with Gasteiger partial charge in [-0.1, -0.05) is 90.4 Å². The number of Topliss-reactive ketones (excluding diaryl/α,β-unsaturated/α-hetero) is 1. The highest BCUT2D eigenvalue weighted by molar-refractivity contribution is 5.79. The Morgan fingerprint density at radius 3 is 1.48 bits per heavy atom. The Hall–Kier alpha value is -0.370. The third-order valence-corrected chi connectivity index (χ3v) is 5.24. The molecule has 0 bridgehead atoms. The minimum atomic E-state index is 0.460. The molecule has 1 rings (SSSR count). The van der Waals surface area contributed by atoms with Crippen molar-refractivity contribution >= 4 is 5.78 Å². The number of ketones is 1. The Morgan fingerprint density at radius 2 is 1.04 bits per heavy atom. The third kappa shape index (κ3) is 12.7. The number of rotatable bonds is 15. The first-order valence-corrected chi connectivity index (χ1v) is 10.6. The second-order valence-corrected chi connectivity index (χ2v) is 7.48. The first kappa shape index (κ1) is 20.7. The fourth-order valence-electron chi connectivity index (χ4n) is 3.56. The lowest BCUT2D eigenvalue weighted by molar-refractivity contribution is -0.121. The smallest absolute Gasteiger partial charge is 0.135 e. The van der Waals surface area contributed by atoms with Crippen molar-refractivity contribution in [3.63, 3.8) is 0 Å². The number of carbonyl (C=O) groups is 1. The van der Waals surface area contributed by atoms with Crippen LogP contribution in [0, 0.1) is 0 Å². The molecule has 0 atom stereocenters. The van der Waals surface area contributed by atoms with Crippen LogP contribution in [0.15, 0.2) is 0 Å². The molecule has 0 spiro atoms. The third-order valence-electron chi connectivity index (χ3n) is 5.24. The van der Waals surface area contributed by atoms with Gasteiger partial charge < -0.3 is 4.90 Å². The van der Waals surface area contributed by atoms with Crippen LogP contribution in [0.3, 0.4) is 0 Å². The van der Waals surface area contributed by atoms with E-state index in [4.69, 9.17) is 0 Å². The number of hydrogen-bond acceptors (Lipinski definition) is 2. The molecule has 0 unspecified atom stereocenters. The average molecular weight is 324 g/mol. The molecule has 2 nitrogen and oxygen atoms in total. The van der Waals surface area contributed by atoms with Crippen LogP contribution >= 0.6 is 0 Å². The van der Waals surface area contributed by atoms with E-state index in [1.807, 2.05) is 0 Å². The minimum absolute atomic E-state index is 0.460. The Kier molecular flexibility index (Phi) is 13.6. The first-order chi connectivity index (χ1) is 11.3. The predicted molar refractivity (Wildman–Crippen MR) is 101 cm³/mol. The highest BCUT2D eigenvalue weighted by Gasteiger charge is 2.14. The van der Waals surface area contributed by atoms with Gasteiger partial charge in [0.1, 0.15) is 5.78 Å². The van der Waals surface area contributed by atoms with Gasteiger partial charge in [0.2, 0.25) is 0 Å². The van der Waals surface area contributed by atoms with Gasteiger partial charge in [-0.25, -0.2) is 0 Å². The second-order valence-electron chi connectivity index (χ2n) is 7.48. The fourth-order valence-corrected chi connectivity index (χ4v) is 3.56. The molecule has 136 valence electrons. The van der Waals surface area contributed by atoms with E-state index in [0.717, 1.165) is 25.9 Å². The molecule has 0 aliphatic carbocycles. The van der Waals surface area contributed by atoms with E-state index < -0.39 is 0 Å². The van der Waals surface area contributed by atoms with Crippen LogP contribution in [-0.4, -0.2) is 30.3 Å². The van der Waals surface area contributed by atoms with Crippen LogP contribution in [0.4, 0.5) is 0 Å². The quantitative estimate of drug-likeness (QED) is 0.338. The number of carbonyl (C=O) groups excluding carboxylic acids is 1. The van der Waals surface area contributed by atoms with Gasteiger partial charge in [0.25, 0.3) is 0 Å². The van der Waals surface area contributed by atoms with Gasteiger partial charge in [0, 0.05) is 25.9 Å². The van der Waals surface area contributed by atoms with Crippen LogP contribution in [0.1, 0.15) is 110 Å². The van der Waals surface area contributed by atoms with Crippen LogP contribution in [-0.2, 0) is 4.79 Å². The van der Waals surface area contributed by atoms with Crippen LogP contribution in [0.5, 0.6) is 0 Å². The van der Waals surface area contributed by atoms with Crippen LogP contribution in [0.25, 0.3) is 0 Å². The van der Waals surface area contributed by atoms with Gasteiger partial charge in [0.05, 0.1) is 0 Å². The van der Waals surface area contributed by atoms with Crippen molar-refractivity contribution in [3.8, 4) is 0 Å². The molecule has 0 radical (unpaired) electrons. The Bertz CT molecular complexity index is 267. The molecular formula is C21H41NO. The summed E-state index contributed by atoms with van der Waals surface area (Å²) in [5.41, 5.74) is 0. The number of hydrogen-bond donors (Lipinski definition) is 0. The normalized spacial score (nSPS) is 16.1. The molecule has 0 aromatic rings. The summed E-state index contributed by atoms with van der Waals surface area (Å²) in [7, 11) is 0. The molecule has 0 aromatic carbocycles. The monoisotopic (exact) mass is 323 g/mol. The summed E-state index contributed by atoms with van der Waals surface area (Å²) in [6.07, 6.45) is 21.5. The van der Waals surface area contributed by atoms with Crippen molar-refractivity contribution in [3.05, 3.63) is 0 Å². The summed E-state index contributed by atoms with van der Waals surface area (Å²) in [5.74, 6) is 0.460. The maximum absolute atomic E-state index is 11.2. The zero-order chi connectivity index (χ0) is 16.6. The van der Waals surface area contributed by atoms with Crippen molar-refractivity contribution in [1.29, 1.82) is 0 Å². The standard InChI is InChI=1S/C21H41NO/c1-2-3-4-5-6-7-8-9-10-11-12-13-14-15-18-22-19-16-21(23)17-20-22/h2-20H2,1H3. The second kappa shape index (κ2) is 15.2. The van der Waals surface area contributed by atoms with Crippen molar-refractivity contribution in [2.75, 3.05) is 19.6 Å². The van der Waals surface area contributed by atoms with E-state index in [1.54, 1.807) is 0 Å². The number of likely N-dealkylation sites (tertiary alicyclic amines) is 1. The summed E-state index contributed by atoms with van der Waals surface area (Å²) in [5, 5.41) is 0. The van der Waals surface area contributed by atoms with E-state index in [9.17, 15) is 4.79 Å². The molecule has 1 saturated heterocycles. The molecule has 1 heterocycles. The van der Waals surface area contributed by atoms with Gasteiger partial charge in [-0.2, -0.15) is 0 Å². The van der Waals surface area contributed by atoms with Crippen LogP contribution in [0.2, 0.25) is 0 Å². The summed E-state index contributed by atoms with van der Waals surface area (Å²) < 4.78 is 0. The zero-order valence-electron chi connectivity index (χ0n) is 15.8. The average Bonchev–Trinajstić information content (AvgIpc) is 2.57. The molecule has 1 aliphatic rings. The largest absolute Gasteiger partial charge is 0.302 e. The predicted octanol–water partition coefficient (Wildman–Crippen LogP) is 6.13. The lowest BCUT2D eigenvalue weighted by Gasteiger charge is -2.25. The molecule has 0 aromatic heterocycles. The first-order valence-electron chi connectivity index (χ1n) is 10.6. The maximum atomic E-state index is 11.2. The minimum Gasteiger partial charge on any atom is -0.302 e. The lowest BCUT2D eigenvalue weighted by Crippen LogP contribution is -2.34. The van der Waals surface area contributed by atoms with Crippen molar-refractivity contribution < 1.29 is 4.79 Å². The van der Waals surface area contributed by atoms with Gasteiger partial charge in [-0.05, 0) is 13.0 Å². The highest BCUT2D eigenvalue weighted by atomic mass is 16.1. The van der Waals surface area contributed by atoms with Crippen LogP contribution < -0.4 is 0 Å². The van der Waals surface area contributed by atoms with E-state index >= 15 is 0 Å². The van der Waals surface area contributed by atoms with Crippen molar-refractivity contribution in [2.45, 2.75) is 110 Å². The summed E-state index contributed by atoms with van der Waals surface area (Å²) in [6.45, 7) is 5.52. The topological polar surface area (TPSA) is 20.3 Å². The number of piperidine rings is 1. The summed E-state index contributed by atoms with van der Waals surface area (Å²) >= 11 is 0. The van der Waals surface area contributed by atoms with Gasteiger partial charge in [-0.3, -0.25) is 4.79 Å². The van der Waals surface area contributed by atoms with Crippen molar-refractivity contribution in [2.24, 2.45) is 0 Å². The van der Waals surface area contributed by atoms with Gasteiger partial charge in [0.15, 0.2) is 0 Å². The molecule has 0 N–H and O–H groups in total. The Labute approximate surface area is 145 Å². The summed E-state index contributed by atoms with van der Waals surface area (Å²) in [4.78, 5) is 13.7. The molecule has 0 saturated carbocycles. The van der Waals surface area contributed by atoms with Crippen molar-refractivity contribution in [1.82, 2.24) is 4.90 Å². The SMILES string of the molecule is CCCCCCCCCCCCCCCCN1CCC(=O)CC1. The Balaban J connectivity index is 1.71. The van der Waals surface area contributed by atoms with E-state index in [1.165, 1.54) is 96.4 Å². The number of unbranched alkanes of at least 4 members (excludes halogenated alkanes) is 13. The Morgan fingerprint density at radius 1 is 0.652 bits per heavy atom. The molecule has 2 heteroatoms. The molecular weight excluding hydrogens is 282 g/mol. The van der Waals surface area contributed by atoms with Gasteiger partial charge in [-0.15, -0.1) is 0 Å². The molecule has 1 aliphatic heterocycles.